The molecule has 0 unspecified atom stereocenters. The zero-order chi connectivity index (χ0) is 12.5. The minimum absolute atomic E-state index is 0.519. The number of rotatable bonds is 4. The number of hydrogen-bond donors (Lipinski definition) is 1. The lowest BCUT2D eigenvalue weighted by molar-refractivity contribution is 0.593. The van der Waals surface area contributed by atoms with Crippen LogP contribution < -0.4 is 5.73 Å². The molecule has 0 amide bonds. The van der Waals surface area contributed by atoms with Crippen molar-refractivity contribution in [3.05, 3.63) is 28.5 Å². The molecule has 1 aliphatic carbocycles. The van der Waals surface area contributed by atoms with E-state index in [9.17, 15) is 0 Å². The van der Waals surface area contributed by atoms with Gasteiger partial charge in [-0.1, -0.05) is 0 Å². The van der Waals surface area contributed by atoms with E-state index in [1.807, 2.05) is 22.9 Å². The highest BCUT2D eigenvalue weighted by atomic mass is 79.9. The van der Waals surface area contributed by atoms with E-state index in [1.54, 1.807) is 11.8 Å². The predicted molar refractivity (Wildman–Crippen MR) is 74.2 cm³/mol. The summed E-state index contributed by atoms with van der Waals surface area (Å²) in [4.78, 5) is 1.15. The third-order valence-corrected chi connectivity index (χ3v) is 4.75. The second kappa shape index (κ2) is 4.89. The molecule has 1 heterocycles. The number of nitrogen functional groups attached to an aromatic ring is 1. The molecule has 3 rings (SSSR count). The van der Waals surface area contributed by atoms with Crippen molar-refractivity contribution in [2.75, 3.05) is 5.73 Å². The maximum absolute atomic E-state index is 5.71. The molecule has 1 saturated carbocycles. The summed E-state index contributed by atoms with van der Waals surface area (Å²) in [6.45, 7) is 0. The van der Waals surface area contributed by atoms with Gasteiger partial charge in [-0.15, -0.1) is 16.9 Å². The molecule has 0 bridgehead atoms. The van der Waals surface area contributed by atoms with Crippen molar-refractivity contribution in [3.8, 4) is 0 Å². The standard InChI is InChI=1S/C11H12BrN5S/c12-9-5-7(13)1-4-10(9)18-6-11-14-15-16-17(11)8-2-3-8/h1,4-5,8H,2-3,6,13H2. The summed E-state index contributed by atoms with van der Waals surface area (Å²) in [7, 11) is 0. The van der Waals surface area contributed by atoms with Gasteiger partial charge in [0.05, 0.1) is 11.8 Å². The molecular weight excluding hydrogens is 314 g/mol. The lowest BCUT2D eigenvalue weighted by atomic mass is 10.3. The number of anilines is 1. The van der Waals surface area contributed by atoms with Gasteiger partial charge in [-0.2, -0.15) is 0 Å². The van der Waals surface area contributed by atoms with Crippen LogP contribution in [0.25, 0.3) is 0 Å². The average molecular weight is 326 g/mol. The Kier molecular flexibility index (Phi) is 3.25. The van der Waals surface area contributed by atoms with E-state index in [1.165, 1.54) is 12.8 Å². The van der Waals surface area contributed by atoms with E-state index in [0.29, 0.717) is 6.04 Å². The molecular formula is C11H12BrN5S. The first kappa shape index (κ1) is 12.0. The molecule has 1 aromatic carbocycles. The number of nitrogens with two attached hydrogens (primary N) is 1. The highest BCUT2D eigenvalue weighted by Gasteiger charge is 2.27. The van der Waals surface area contributed by atoms with Crippen LogP contribution in [0.2, 0.25) is 0 Å². The maximum Gasteiger partial charge on any atom is 0.161 e. The molecule has 5 nitrogen and oxygen atoms in total. The Morgan fingerprint density at radius 2 is 2.28 bits per heavy atom. The molecule has 0 spiro atoms. The summed E-state index contributed by atoms with van der Waals surface area (Å²) in [6.07, 6.45) is 2.38. The van der Waals surface area contributed by atoms with E-state index in [2.05, 4.69) is 31.5 Å². The lowest BCUT2D eigenvalue weighted by Crippen LogP contribution is -2.02. The maximum atomic E-state index is 5.71. The molecule has 0 atom stereocenters. The molecule has 1 aliphatic rings. The van der Waals surface area contributed by atoms with Gasteiger partial charge in [-0.3, -0.25) is 0 Å². The first-order valence-corrected chi connectivity index (χ1v) is 7.46. The number of thioether (sulfide) groups is 1. The number of hydrogen-bond acceptors (Lipinski definition) is 5. The van der Waals surface area contributed by atoms with Crippen molar-refractivity contribution in [1.29, 1.82) is 0 Å². The van der Waals surface area contributed by atoms with Gasteiger partial charge in [-0.05, 0) is 57.4 Å². The number of aromatic nitrogens is 4. The van der Waals surface area contributed by atoms with E-state index >= 15 is 0 Å². The van der Waals surface area contributed by atoms with Crippen molar-refractivity contribution in [1.82, 2.24) is 20.2 Å². The summed E-state index contributed by atoms with van der Waals surface area (Å²) in [5.41, 5.74) is 6.47. The summed E-state index contributed by atoms with van der Waals surface area (Å²) >= 11 is 5.22. The highest BCUT2D eigenvalue weighted by Crippen LogP contribution is 2.36. The zero-order valence-corrected chi connectivity index (χ0v) is 12.0. The van der Waals surface area contributed by atoms with Crippen LogP contribution in [-0.2, 0) is 5.75 Å². The second-order valence-electron chi connectivity index (χ2n) is 4.25. The predicted octanol–water partition coefficient (Wildman–Crippen LogP) is 2.65. The van der Waals surface area contributed by atoms with Crippen molar-refractivity contribution >= 4 is 33.4 Å². The van der Waals surface area contributed by atoms with Crippen LogP contribution in [0.1, 0.15) is 24.7 Å². The number of halogens is 1. The van der Waals surface area contributed by atoms with Crippen LogP contribution in [0.5, 0.6) is 0 Å². The van der Waals surface area contributed by atoms with Gasteiger partial charge in [-0.25, -0.2) is 4.68 Å². The molecule has 7 heteroatoms. The van der Waals surface area contributed by atoms with Gasteiger partial charge < -0.3 is 5.73 Å². The fourth-order valence-corrected chi connectivity index (χ4v) is 3.26. The number of benzene rings is 1. The molecule has 2 N–H and O–H groups in total. The van der Waals surface area contributed by atoms with Crippen molar-refractivity contribution in [3.63, 3.8) is 0 Å². The van der Waals surface area contributed by atoms with E-state index in [4.69, 9.17) is 5.73 Å². The molecule has 0 radical (unpaired) electrons. The van der Waals surface area contributed by atoms with E-state index in [0.717, 1.165) is 26.6 Å². The van der Waals surface area contributed by atoms with E-state index < -0.39 is 0 Å². The number of nitrogens with zero attached hydrogens (tertiary/aromatic N) is 4. The van der Waals surface area contributed by atoms with Crippen molar-refractivity contribution in [2.45, 2.75) is 29.5 Å². The minimum Gasteiger partial charge on any atom is -0.399 e. The smallest absolute Gasteiger partial charge is 0.161 e. The Labute approximate surface area is 117 Å². The summed E-state index contributed by atoms with van der Waals surface area (Å²) < 4.78 is 2.95. The largest absolute Gasteiger partial charge is 0.399 e. The summed E-state index contributed by atoms with van der Waals surface area (Å²) in [6, 6.07) is 6.34. The minimum atomic E-state index is 0.519. The normalized spacial score (nSPS) is 14.9. The first-order chi connectivity index (χ1) is 8.74. The van der Waals surface area contributed by atoms with Crippen LogP contribution in [0.3, 0.4) is 0 Å². The molecule has 1 fully saturated rings. The Bertz CT molecular complexity index is 566. The Balaban J connectivity index is 1.71. The van der Waals surface area contributed by atoms with Gasteiger partial charge in [0.2, 0.25) is 0 Å². The Morgan fingerprint density at radius 1 is 1.44 bits per heavy atom. The van der Waals surface area contributed by atoms with Crippen LogP contribution in [0.4, 0.5) is 5.69 Å². The van der Waals surface area contributed by atoms with Gasteiger partial charge >= 0.3 is 0 Å². The van der Waals surface area contributed by atoms with Crippen molar-refractivity contribution < 1.29 is 0 Å². The molecule has 2 aromatic rings. The lowest BCUT2D eigenvalue weighted by Gasteiger charge is -2.05. The molecule has 94 valence electrons. The Hall–Kier alpha value is -1.08. The average Bonchev–Trinajstić information content (AvgIpc) is 3.08. The third-order valence-electron chi connectivity index (χ3n) is 2.77. The number of tetrazole rings is 1. The molecule has 0 aliphatic heterocycles. The Morgan fingerprint density at radius 3 is 3.00 bits per heavy atom. The molecule has 1 aromatic heterocycles. The third kappa shape index (κ3) is 2.51. The zero-order valence-electron chi connectivity index (χ0n) is 9.58. The monoisotopic (exact) mass is 325 g/mol. The van der Waals surface area contributed by atoms with Gasteiger partial charge in [0.25, 0.3) is 0 Å². The van der Waals surface area contributed by atoms with Gasteiger partial charge in [0.15, 0.2) is 5.82 Å². The quantitative estimate of drug-likeness (QED) is 0.691. The van der Waals surface area contributed by atoms with Crippen LogP contribution in [0.15, 0.2) is 27.6 Å². The van der Waals surface area contributed by atoms with Crippen molar-refractivity contribution in [2.24, 2.45) is 0 Å². The van der Waals surface area contributed by atoms with Gasteiger partial charge in [0, 0.05) is 15.1 Å². The fraction of sp³-hybridized carbons (Fsp3) is 0.364. The van der Waals surface area contributed by atoms with Crippen LogP contribution in [0, 0.1) is 0 Å². The highest BCUT2D eigenvalue weighted by molar-refractivity contribution is 9.10. The SMILES string of the molecule is Nc1ccc(SCc2nnnn2C2CC2)c(Br)c1. The first-order valence-electron chi connectivity index (χ1n) is 5.68. The molecule has 0 saturated heterocycles. The summed E-state index contributed by atoms with van der Waals surface area (Å²) in [5.74, 6) is 1.71. The molecule has 18 heavy (non-hydrogen) atoms. The fourth-order valence-electron chi connectivity index (χ4n) is 1.69. The van der Waals surface area contributed by atoms with E-state index in [-0.39, 0.29) is 0 Å². The summed E-state index contributed by atoms with van der Waals surface area (Å²) in [5, 5.41) is 11.9. The second-order valence-corrected chi connectivity index (χ2v) is 6.12. The van der Waals surface area contributed by atoms with Gasteiger partial charge in [0.1, 0.15) is 0 Å². The topological polar surface area (TPSA) is 69.6 Å². The van der Waals surface area contributed by atoms with Crippen LogP contribution >= 0.6 is 27.7 Å². The van der Waals surface area contributed by atoms with Crippen LogP contribution in [-0.4, -0.2) is 20.2 Å².